The summed E-state index contributed by atoms with van der Waals surface area (Å²) in [5.74, 6) is 2.86. The molecular formula is C58H39NO2. The molecule has 3 aliphatic carbocycles. The third-order valence-corrected chi connectivity index (χ3v) is 13.7. The first-order valence-electron chi connectivity index (χ1n) is 21.2. The van der Waals surface area contributed by atoms with Crippen molar-refractivity contribution in [2.24, 2.45) is 0 Å². The van der Waals surface area contributed by atoms with E-state index in [2.05, 4.69) is 213 Å². The number of ether oxygens (including phenoxy) is 2. The molecule has 61 heavy (non-hydrogen) atoms. The molecule has 0 atom stereocenters. The lowest BCUT2D eigenvalue weighted by molar-refractivity contribution is 0.355. The lowest BCUT2D eigenvalue weighted by Gasteiger charge is -2.33. The van der Waals surface area contributed by atoms with Crippen LogP contribution < -0.4 is 14.4 Å². The number of anilines is 3. The molecule has 3 nitrogen and oxygen atoms in total. The third kappa shape index (κ3) is 4.63. The second-order valence-corrected chi connectivity index (χ2v) is 17.2. The van der Waals surface area contributed by atoms with Crippen LogP contribution in [0.3, 0.4) is 0 Å². The molecule has 0 amide bonds. The van der Waals surface area contributed by atoms with Crippen LogP contribution in [0.15, 0.2) is 200 Å². The van der Waals surface area contributed by atoms with Crippen LogP contribution in [0.2, 0.25) is 0 Å². The molecule has 0 unspecified atom stereocenters. The minimum absolute atomic E-state index is 0.0769. The minimum Gasteiger partial charge on any atom is -0.449 e. The van der Waals surface area contributed by atoms with Crippen LogP contribution >= 0.6 is 0 Å². The summed E-state index contributed by atoms with van der Waals surface area (Å²) < 4.78 is 14.1. The minimum atomic E-state index is -0.561. The molecule has 0 saturated heterocycles. The molecule has 3 heteroatoms. The molecule has 1 heterocycles. The van der Waals surface area contributed by atoms with Gasteiger partial charge in [-0.3, -0.25) is 0 Å². The standard InChI is InChI=1S/C58H39NO2/c1-57(2)47-23-10-6-19-41(47)45-29-27-37(34-51(45)57)36-15-14-18-39(33-36)59(38-16-4-3-5-17-38)40-28-31-52-54(35-40)61-56-53(60-52)32-30-46-44-22-9-13-26-50(44)58(55(46)56)48-24-11-7-20-42(48)43-21-8-12-25-49(43)58/h3-35H,1-2H3. The summed E-state index contributed by atoms with van der Waals surface area (Å²) in [6.07, 6.45) is 0. The van der Waals surface area contributed by atoms with E-state index in [0.29, 0.717) is 11.5 Å². The Morgan fingerprint density at radius 2 is 0.869 bits per heavy atom. The Morgan fingerprint density at radius 3 is 1.57 bits per heavy atom. The molecule has 0 N–H and O–H groups in total. The Bertz CT molecular complexity index is 3240. The average molecular weight is 782 g/mol. The largest absolute Gasteiger partial charge is 0.449 e. The highest BCUT2D eigenvalue weighted by molar-refractivity contribution is 5.97. The third-order valence-electron chi connectivity index (χ3n) is 13.7. The zero-order valence-electron chi connectivity index (χ0n) is 33.8. The van der Waals surface area contributed by atoms with Crippen molar-refractivity contribution >= 4 is 17.1 Å². The van der Waals surface area contributed by atoms with E-state index in [0.717, 1.165) is 39.7 Å². The topological polar surface area (TPSA) is 21.7 Å². The zero-order chi connectivity index (χ0) is 40.5. The molecule has 13 rings (SSSR count). The van der Waals surface area contributed by atoms with Crippen LogP contribution in [-0.2, 0) is 10.8 Å². The molecule has 0 bridgehead atoms. The van der Waals surface area contributed by atoms with Crippen molar-refractivity contribution in [2.45, 2.75) is 24.7 Å². The van der Waals surface area contributed by atoms with Crippen molar-refractivity contribution in [3.05, 3.63) is 234 Å². The first-order valence-corrected chi connectivity index (χ1v) is 21.2. The molecule has 0 saturated carbocycles. The molecule has 0 aromatic heterocycles. The predicted molar refractivity (Wildman–Crippen MR) is 247 cm³/mol. The van der Waals surface area contributed by atoms with E-state index in [4.69, 9.17) is 9.47 Å². The fourth-order valence-corrected chi connectivity index (χ4v) is 11.1. The molecule has 9 aromatic carbocycles. The van der Waals surface area contributed by atoms with E-state index >= 15 is 0 Å². The van der Waals surface area contributed by atoms with Gasteiger partial charge in [-0.2, -0.15) is 0 Å². The van der Waals surface area contributed by atoms with Gasteiger partial charge >= 0.3 is 0 Å². The maximum Gasteiger partial charge on any atom is 0.175 e. The smallest absolute Gasteiger partial charge is 0.175 e. The van der Waals surface area contributed by atoms with Crippen LogP contribution in [0.1, 0.15) is 47.2 Å². The van der Waals surface area contributed by atoms with Gasteiger partial charge in [-0.1, -0.05) is 159 Å². The molecule has 9 aromatic rings. The normalized spacial score (nSPS) is 14.6. The molecule has 0 fully saturated rings. The second-order valence-electron chi connectivity index (χ2n) is 17.2. The van der Waals surface area contributed by atoms with Gasteiger partial charge in [0.2, 0.25) is 0 Å². The van der Waals surface area contributed by atoms with E-state index in [1.165, 1.54) is 66.8 Å². The SMILES string of the molecule is CC1(C)c2ccccc2-c2ccc(-c3cccc(N(c4ccccc4)c4ccc5c(c4)Oc4c(ccc6c4C4(c7ccccc7-c7ccccc74)c4ccccc4-6)O5)c3)cc21. The van der Waals surface area contributed by atoms with Crippen molar-refractivity contribution in [1.82, 2.24) is 0 Å². The molecule has 0 radical (unpaired) electrons. The first kappa shape index (κ1) is 34.3. The molecular weight excluding hydrogens is 743 g/mol. The van der Waals surface area contributed by atoms with E-state index in [-0.39, 0.29) is 5.41 Å². The maximum absolute atomic E-state index is 7.26. The van der Waals surface area contributed by atoms with Crippen molar-refractivity contribution in [3.8, 4) is 67.5 Å². The van der Waals surface area contributed by atoms with Gasteiger partial charge in [0.1, 0.15) is 0 Å². The number of fused-ring (bicyclic) bond motifs is 16. The van der Waals surface area contributed by atoms with Gasteiger partial charge < -0.3 is 14.4 Å². The molecule has 1 spiro atoms. The molecule has 1 aliphatic heterocycles. The molecule has 4 aliphatic rings. The Hall–Kier alpha value is -7.62. The van der Waals surface area contributed by atoms with Crippen LogP contribution in [0, 0.1) is 0 Å². The summed E-state index contributed by atoms with van der Waals surface area (Å²) >= 11 is 0. The van der Waals surface area contributed by atoms with Gasteiger partial charge in [0.15, 0.2) is 23.0 Å². The second kappa shape index (κ2) is 12.5. The average Bonchev–Trinajstić information content (AvgIpc) is 3.87. The van der Waals surface area contributed by atoms with E-state index in [1.54, 1.807) is 0 Å². The Morgan fingerprint density at radius 1 is 0.344 bits per heavy atom. The number of hydrogen-bond donors (Lipinski definition) is 0. The number of hydrogen-bond acceptors (Lipinski definition) is 3. The Balaban J connectivity index is 0.942. The van der Waals surface area contributed by atoms with Gasteiger partial charge in [-0.05, 0) is 121 Å². The first-order chi connectivity index (χ1) is 30.0. The lowest BCUT2D eigenvalue weighted by atomic mass is 9.70. The summed E-state index contributed by atoms with van der Waals surface area (Å²) in [4.78, 5) is 2.31. The highest BCUT2D eigenvalue weighted by atomic mass is 16.6. The fraction of sp³-hybridized carbons (Fsp3) is 0.0690. The van der Waals surface area contributed by atoms with Crippen molar-refractivity contribution in [3.63, 3.8) is 0 Å². The number of nitrogens with zero attached hydrogens (tertiary/aromatic N) is 1. The summed E-state index contributed by atoms with van der Waals surface area (Å²) in [5, 5.41) is 0. The van der Waals surface area contributed by atoms with E-state index in [9.17, 15) is 0 Å². The maximum atomic E-state index is 7.26. The lowest BCUT2D eigenvalue weighted by Crippen LogP contribution is -2.26. The van der Waals surface area contributed by atoms with E-state index in [1.807, 2.05) is 6.07 Å². The van der Waals surface area contributed by atoms with Gasteiger partial charge in [-0.25, -0.2) is 0 Å². The quantitative estimate of drug-likeness (QED) is 0.177. The number of para-hydroxylation sites is 1. The van der Waals surface area contributed by atoms with Gasteiger partial charge in [-0.15, -0.1) is 0 Å². The zero-order valence-corrected chi connectivity index (χ0v) is 33.8. The van der Waals surface area contributed by atoms with Crippen molar-refractivity contribution in [1.29, 1.82) is 0 Å². The van der Waals surface area contributed by atoms with Crippen LogP contribution in [0.25, 0.3) is 44.5 Å². The van der Waals surface area contributed by atoms with Crippen LogP contribution in [0.5, 0.6) is 23.0 Å². The van der Waals surface area contributed by atoms with Crippen LogP contribution in [-0.4, -0.2) is 0 Å². The predicted octanol–water partition coefficient (Wildman–Crippen LogP) is 15.4. The highest BCUT2D eigenvalue weighted by Gasteiger charge is 2.54. The van der Waals surface area contributed by atoms with Crippen LogP contribution in [0.4, 0.5) is 17.1 Å². The fourth-order valence-electron chi connectivity index (χ4n) is 11.1. The summed E-state index contributed by atoms with van der Waals surface area (Å²) in [5.41, 5.74) is 20.1. The van der Waals surface area contributed by atoms with Gasteiger partial charge in [0.05, 0.1) is 11.1 Å². The summed E-state index contributed by atoms with van der Waals surface area (Å²) in [6.45, 7) is 4.68. The number of rotatable bonds is 4. The van der Waals surface area contributed by atoms with Gasteiger partial charge in [0.25, 0.3) is 0 Å². The Labute approximate surface area is 355 Å². The summed E-state index contributed by atoms with van der Waals surface area (Å²) in [7, 11) is 0. The monoisotopic (exact) mass is 781 g/mol. The van der Waals surface area contributed by atoms with Crippen molar-refractivity contribution in [2.75, 3.05) is 4.90 Å². The van der Waals surface area contributed by atoms with Gasteiger partial charge in [0, 0.05) is 28.4 Å². The number of benzene rings is 9. The van der Waals surface area contributed by atoms with Crippen molar-refractivity contribution < 1.29 is 9.47 Å². The Kier molecular flexibility index (Phi) is 6.99. The molecule has 288 valence electrons. The summed E-state index contributed by atoms with van der Waals surface area (Å²) in [6, 6.07) is 72.5. The highest BCUT2D eigenvalue weighted by Crippen LogP contribution is 2.67. The van der Waals surface area contributed by atoms with E-state index < -0.39 is 5.41 Å².